The van der Waals surface area contributed by atoms with E-state index in [0.717, 1.165) is 32.5 Å². The van der Waals surface area contributed by atoms with Crippen molar-refractivity contribution in [2.45, 2.75) is 12.8 Å². The van der Waals surface area contributed by atoms with E-state index in [-0.39, 0.29) is 0 Å². The lowest BCUT2D eigenvalue weighted by atomic mass is 10.2. The fourth-order valence-electron chi connectivity index (χ4n) is 3.35. The van der Waals surface area contributed by atoms with Gasteiger partial charge in [-0.25, -0.2) is 9.34 Å². The summed E-state index contributed by atoms with van der Waals surface area (Å²) in [4.78, 5) is 0. The van der Waals surface area contributed by atoms with Gasteiger partial charge in [0.25, 0.3) is 5.91 Å². The SMILES string of the molecule is ClP1(Cl)=NP(Cl)(N2CCOCC2)=NP2(=N1)NCCCN2CC1=CC=CC1. The van der Waals surface area contributed by atoms with Gasteiger partial charge in [-0.15, -0.1) is 0 Å². The third kappa shape index (κ3) is 4.24. The largest absolute Gasteiger partial charge is 0.379 e. The molecule has 0 radical (unpaired) electrons. The van der Waals surface area contributed by atoms with Crippen LogP contribution < -0.4 is 5.09 Å². The molecular formula is C13H22Cl3N6OP3. The van der Waals surface area contributed by atoms with Gasteiger partial charge >= 0.3 is 0 Å². The van der Waals surface area contributed by atoms with E-state index >= 15 is 0 Å². The summed E-state index contributed by atoms with van der Waals surface area (Å²) in [6.07, 6.45) is 8.42. The molecule has 1 N–H and O–H groups in total. The van der Waals surface area contributed by atoms with Gasteiger partial charge in [-0.1, -0.05) is 23.8 Å². The molecule has 0 amide bonds. The average Bonchev–Trinajstić information content (AvgIpc) is 3.09. The molecule has 26 heavy (non-hydrogen) atoms. The standard InChI is InChI=1S/C13H22Cl3N6OP3/c14-24(15)18-25(16,21-8-10-23-11-9-21)20-26(19-24)17-6-3-7-22(26)12-13-4-1-2-5-13/h1-2,4,17H,3,5-12H2. The zero-order valence-electron chi connectivity index (χ0n) is 14.2. The van der Waals surface area contributed by atoms with E-state index < -0.39 is 20.1 Å². The second-order valence-corrected chi connectivity index (χ2v) is 17.8. The van der Waals surface area contributed by atoms with Crippen LogP contribution in [0.25, 0.3) is 0 Å². The van der Waals surface area contributed by atoms with Crippen LogP contribution in [0, 0.1) is 0 Å². The highest BCUT2D eigenvalue weighted by molar-refractivity contribution is 8.15. The Morgan fingerprint density at radius 1 is 1.12 bits per heavy atom. The predicted octanol–water partition coefficient (Wildman–Crippen LogP) is 6.07. The number of halogens is 3. The van der Waals surface area contributed by atoms with Gasteiger partial charge in [-0.05, 0) is 46.6 Å². The summed E-state index contributed by atoms with van der Waals surface area (Å²) in [5.41, 5.74) is 1.35. The third-order valence-electron chi connectivity index (χ3n) is 4.58. The maximum atomic E-state index is 7.02. The maximum absolute atomic E-state index is 7.02. The molecule has 2 unspecified atom stereocenters. The Hall–Kier alpha value is 0.880. The van der Waals surface area contributed by atoms with E-state index in [2.05, 4.69) is 37.2 Å². The molecule has 2 saturated heterocycles. The molecule has 0 aromatic rings. The maximum Gasteiger partial charge on any atom is 0.257 e. The van der Waals surface area contributed by atoms with Gasteiger partial charge in [0.15, 0.2) is 0 Å². The molecule has 2 fully saturated rings. The zero-order chi connectivity index (χ0) is 18.3. The van der Waals surface area contributed by atoms with Gasteiger partial charge in [0.1, 0.15) is 0 Å². The van der Waals surface area contributed by atoms with Crippen LogP contribution in [0.1, 0.15) is 12.8 Å². The highest BCUT2D eigenvalue weighted by Crippen LogP contribution is 2.84. The molecule has 3 aliphatic heterocycles. The number of hydrogen-bond donors (Lipinski definition) is 1. The molecule has 0 saturated carbocycles. The monoisotopic (exact) mass is 476 g/mol. The molecular weight excluding hydrogens is 455 g/mol. The minimum atomic E-state index is -2.89. The number of nitrogens with one attached hydrogen (secondary N) is 1. The van der Waals surface area contributed by atoms with Crippen LogP contribution in [0.15, 0.2) is 37.3 Å². The summed E-state index contributed by atoms with van der Waals surface area (Å²) in [5.74, 6) is -2.89. The average molecular weight is 478 g/mol. The summed E-state index contributed by atoms with van der Waals surface area (Å²) in [6, 6.07) is 0. The quantitative estimate of drug-likeness (QED) is 0.501. The lowest BCUT2D eigenvalue weighted by molar-refractivity contribution is 0.0749. The van der Waals surface area contributed by atoms with Crippen LogP contribution in [-0.4, -0.2) is 55.3 Å². The number of hydrogen-bond acceptors (Lipinski definition) is 7. The van der Waals surface area contributed by atoms with Crippen molar-refractivity contribution in [3.05, 3.63) is 23.8 Å². The Morgan fingerprint density at radius 3 is 2.65 bits per heavy atom. The van der Waals surface area contributed by atoms with Crippen molar-refractivity contribution in [2.24, 2.45) is 13.5 Å². The first-order valence-corrected chi connectivity index (χ1v) is 16.3. The normalized spacial score (nSPS) is 37.7. The molecule has 7 nitrogen and oxygen atoms in total. The Kier molecular flexibility index (Phi) is 6.17. The second kappa shape index (κ2) is 7.95. The molecule has 1 aliphatic carbocycles. The first kappa shape index (κ1) is 20.2. The minimum absolute atomic E-state index is 0.619. The molecule has 13 heteroatoms. The van der Waals surface area contributed by atoms with E-state index in [4.69, 9.17) is 47.5 Å². The molecule has 0 aromatic carbocycles. The Morgan fingerprint density at radius 2 is 1.92 bits per heavy atom. The first-order chi connectivity index (χ1) is 12.4. The van der Waals surface area contributed by atoms with Crippen molar-refractivity contribution in [1.29, 1.82) is 0 Å². The second-order valence-electron chi connectivity index (χ2n) is 6.46. The van der Waals surface area contributed by atoms with Gasteiger partial charge in [-0.3, -0.25) is 5.09 Å². The molecule has 2 atom stereocenters. The Balaban J connectivity index is 1.76. The van der Waals surface area contributed by atoms with Crippen LogP contribution in [0.4, 0.5) is 0 Å². The van der Waals surface area contributed by atoms with Gasteiger partial charge in [0.05, 0.1) is 13.2 Å². The van der Waals surface area contributed by atoms with E-state index in [0.29, 0.717) is 26.3 Å². The first-order valence-electron chi connectivity index (χ1n) is 8.60. The minimum Gasteiger partial charge on any atom is -0.379 e. The Labute approximate surface area is 168 Å². The smallest absolute Gasteiger partial charge is 0.257 e. The summed E-state index contributed by atoms with van der Waals surface area (Å²) in [5, 5.41) is 3.55. The summed E-state index contributed by atoms with van der Waals surface area (Å²) < 4.78 is 24.3. The summed E-state index contributed by atoms with van der Waals surface area (Å²) in [6.45, 7) is 2.45. The van der Waals surface area contributed by atoms with Gasteiger partial charge in [0, 0.05) is 32.7 Å². The lowest BCUT2D eigenvalue weighted by Crippen LogP contribution is -2.37. The molecule has 3 heterocycles. The molecule has 146 valence electrons. The zero-order valence-corrected chi connectivity index (χ0v) is 19.2. The number of rotatable bonds is 3. The highest BCUT2D eigenvalue weighted by Gasteiger charge is 2.42. The van der Waals surface area contributed by atoms with Gasteiger partial charge in [-0.2, -0.15) is 13.5 Å². The fourth-order valence-corrected chi connectivity index (χ4v) is 19.0. The van der Waals surface area contributed by atoms with Crippen molar-refractivity contribution >= 4 is 53.8 Å². The van der Waals surface area contributed by atoms with Crippen LogP contribution in [0.3, 0.4) is 0 Å². The van der Waals surface area contributed by atoms with Crippen molar-refractivity contribution in [3.63, 3.8) is 0 Å². The number of ether oxygens (including phenoxy) is 1. The van der Waals surface area contributed by atoms with Crippen molar-refractivity contribution in [3.8, 4) is 0 Å². The lowest BCUT2D eigenvalue weighted by Gasteiger charge is -2.43. The fraction of sp³-hybridized carbons (Fsp3) is 0.692. The number of nitrogens with zero attached hydrogens (tertiary/aromatic N) is 5. The predicted molar refractivity (Wildman–Crippen MR) is 114 cm³/mol. The molecule has 0 bridgehead atoms. The van der Waals surface area contributed by atoms with Crippen molar-refractivity contribution in [2.75, 3.05) is 45.9 Å². The van der Waals surface area contributed by atoms with Crippen molar-refractivity contribution in [1.82, 2.24) is 14.4 Å². The molecule has 0 aromatic heterocycles. The van der Waals surface area contributed by atoms with Gasteiger partial charge < -0.3 is 4.74 Å². The van der Waals surface area contributed by atoms with E-state index in [1.165, 1.54) is 5.57 Å². The van der Waals surface area contributed by atoms with Crippen LogP contribution >= 0.6 is 53.8 Å². The number of allylic oxidation sites excluding steroid dienone is 3. The van der Waals surface area contributed by atoms with E-state index in [1.54, 1.807) is 0 Å². The summed E-state index contributed by atoms with van der Waals surface area (Å²) >= 11 is 20.2. The number of morpholine rings is 1. The third-order valence-corrected chi connectivity index (χ3v) is 17.3. The Bertz CT molecular complexity index is 801. The van der Waals surface area contributed by atoms with Gasteiger partial charge in [0.2, 0.25) is 14.2 Å². The molecule has 4 aliphatic rings. The molecule has 4 rings (SSSR count). The summed E-state index contributed by atoms with van der Waals surface area (Å²) in [7, 11) is -2.47. The molecule has 1 spiro atoms. The highest BCUT2D eigenvalue weighted by atomic mass is 35.9. The van der Waals surface area contributed by atoms with E-state index in [1.807, 2.05) is 0 Å². The van der Waals surface area contributed by atoms with Crippen LogP contribution in [-0.2, 0) is 4.74 Å². The van der Waals surface area contributed by atoms with Crippen LogP contribution in [0.2, 0.25) is 0 Å². The van der Waals surface area contributed by atoms with Crippen LogP contribution in [0.5, 0.6) is 0 Å². The topological polar surface area (TPSA) is 64.8 Å². The van der Waals surface area contributed by atoms with E-state index in [9.17, 15) is 0 Å². The van der Waals surface area contributed by atoms with Crippen molar-refractivity contribution < 1.29 is 4.74 Å².